The minimum atomic E-state index is -0.0531. The van der Waals surface area contributed by atoms with E-state index in [2.05, 4.69) is 10.6 Å². The van der Waals surface area contributed by atoms with Crippen LogP contribution in [0, 0.1) is 5.92 Å². The normalized spacial score (nSPS) is 19.3. The average molecular weight is 250 g/mol. The molecule has 1 saturated heterocycles. The molecule has 0 bridgehead atoms. The number of benzene rings is 1. The van der Waals surface area contributed by atoms with Crippen LogP contribution in [0.1, 0.15) is 12.8 Å². The van der Waals surface area contributed by atoms with Crippen LogP contribution in [-0.4, -0.2) is 31.2 Å². The molecule has 5 nitrogen and oxygen atoms in total. The number of phenols is 1. The molecule has 0 aliphatic carbocycles. The summed E-state index contributed by atoms with van der Waals surface area (Å²) < 4.78 is 4.99. The Labute approximate surface area is 106 Å². The van der Waals surface area contributed by atoms with Gasteiger partial charge in [-0.25, -0.2) is 0 Å². The second-order valence-corrected chi connectivity index (χ2v) is 4.42. The Hall–Kier alpha value is -1.75. The Morgan fingerprint density at radius 1 is 1.56 bits per heavy atom. The largest absolute Gasteiger partial charge is 0.506 e. The first-order valence-electron chi connectivity index (χ1n) is 6.09. The number of amides is 1. The summed E-state index contributed by atoms with van der Waals surface area (Å²) in [6.07, 6.45) is 1.89. The molecule has 0 spiro atoms. The van der Waals surface area contributed by atoms with Crippen molar-refractivity contribution in [3.63, 3.8) is 0 Å². The summed E-state index contributed by atoms with van der Waals surface area (Å²) in [6.45, 7) is 1.67. The molecule has 1 amide bonds. The van der Waals surface area contributed by atoms with Crippen molar-refractivity contribution in [1.29, 1.82) is 0 Å². The topological polar surface area (TPSA) is 70.6 Å². The molecule has 98 valence electrons. The Morgan fingerprint density at radius 3 is 3.00 bits per heavy atom. The molecular weight excluding hydrogens is 232 g/mol. The average Bonchev–Trinajstić information content (AvgIpc) is 2.42. The third-order valence-electron chi connectivity index (χ3n) is 3.13. The van der Waals surface area contributed by atoms with Crippen LogP contribution in [0.3, 0.4) is 0 Å². The van der Waals surface area contributed by atoms with E-state index in [1.165, 1.54) is 13.2 Å². The summed E-state index contributed by atoms with van der Waals surface area (Å²) in [4.78, 5) is 12.0. The highest BCUT2D eigenvalue weighted by Gasteiger charge is 2.21. The van der Waals surface area contributed by atoms with Gasteiger partial charge in [-0.15, -0.1) is 0 Å². The number of phenolic OH excluding ortho intramolecular Hbond substituents is 1. The summed E-state index contributed by atoms with van der Waals surface area (Å²) in [6, 6.07) is 4.82. The van der Waals surface area contributed by atoms with Crippen molar-refractivity contribution in [1.82, 2.24) is 5.32 Å². The molecule has 18 heavy (non-hydrogen) atoms. The molecule has 1 heterocycles. The number of rotatable bonds is 3. The van der Waals surface area contributed by atoms with E-state index < -0.39 is 0 Å². The number of methoxy groups -OCH3 is 1. The number of carbonyl (C=O) groups is 1. The first-order valence-corrected chi connectivity index (χ1v) is 6.09. The van der Waals surface area contributed by atoms with Gasteiger partial charge in [-0.05, 0) is 31.5 Å². The molecule has 3 N–H and O–H groups in total. The van der Waals surface area contributed by atoms with Gasteiger partial charge in [-0.2, -0.15) is 0 Å². The van der Waals surface area contributed by atoms with Gasteiger partial charge in [0, 0.05) is 12.6 Å². The Balaban J connectivity index is 2.02. The third-order valence-corrected chi connectivity index (χ3v) is 3.13. The van der Waals surface area contributed by atoms with Gasteiger partial charge in [-0.3, -0.25) is 4.79 Å². The fourth-order valence-electron chi connectivity index (χ4n) is 2.05. The highest BCUT2D eigenvalue weighted by atomic mass is 16.5. The van der Waals surface area contributed by atoms with Crippen molar-refractivity contribution in [3.05, 3.63) is 18.2 Å². The van der Waals surface area contributed by atoms with Crippen LogP contribution in [0.2, 0.25) is 0 Å². The van der Waals surface area contributed by atoms with Gasteiger partial charge in [0.1, 0.15) is 11.5 Å². The number of hydrogen-bond acceptors (Lipinski definition) is 4. The monoisotopic (exact) mass is 250 g/mol. The van der Waals surface area contributed by atoms with Crippen molar-refractivity contribution in [2.24, 2.45) is 5.92 Å². The molecule has 0 aromatic heterocycles. The van der Waals surface area contributed by atoms with E-state index in [4.69, 9.17) is 4.74 Å². The Kier molecular flexibility index (Phi) is 4.04. The molecule has 1 fully saturated rings. The molecule has 1 aromatic carbocycles. The predicted molar refractivity (Wildman–Crippen MR) is 68.9 cm³/mol. The summed E-state index contributed by atoms with van der Waals surface area (Å²) in [7, 11) is 1.53. The fraction of sp³-hybridized carbons (Fsp3) is 0.462. The van der Waals surface area contributed by atoms with E-state index >= 15 is 0 Å². The Bertz CT molecular complexity index is 428. The summed E-state index contributed by atoms with van der Waals surface area (Å²) in [5.74, 6) is 0.499. The second-order valence-electron chi connectivity index (χ2n) is 4.42. The lowest BCUT2D eigenvalue weighted by atomic mass is 9.99. The van der Waals surface area contributed by atoms with Crippen LogP contribution in [0.25, 0.3) is 0 Å². The van der Waals surface area contributed by atoms with E-state index in [1.807, 2.05) is 0 Å². The highest BCUT2D eigenvalue weighted by molar-refractivity contribution is 5.94. The maximum atomic E-state index is 12.0. The van der Waals surface area contributed by atoms with Crippen LogP contribution in [-0.2, 0) is 4.79 Å². The quantitative estimate of drug-likeness (QED) is 0.708. The number of piperidine rings is 1. The van der Waals surface area contributed by atoms with Crippen LogP contribution >= 0.6 is 0 Å². The molecule has 5 heteroatoms. The number of aromatic hydroxyl groups is 1. The molecule has 1 atom stereocenters. The number of hydrogen-bond donors (Lipinski definition) is 3. The SMILES string of the molecule is COc1ccc(NC(=O)[C@H]2CCCNC2)c(O)c1. The lowest BCUT2D eigenvalue weighted by Gasteiger charge is -2.22. The van der Waals surface area contributed by atoms with Crippen molar-refractivity contribution in [3.8, 4) is 11.5 Å². The van der Waals surface area contributed by atoms with Crippen molar-refractivity contribution in [2.45, 2.75) is 12.8 Å². The van der Waals surface area contributed by atoms with Crippen molar-refractivity contribution >= 4 is 11.6 Å². The zero-order valence-electron chi connectivity index (χ0n) is 10.4. The van der Waals surface area contributed by atoms with Gasteiger partial charge < -0.3 is 20.5 Å². The molecule has 0 unspecified atom stereocenters. The molecule has 1 aliphatic rings. The number of nitrogens with one attached hydrogen (secondary N) is 2. The van der Waals surface area contributed by atoms with Gasteiger partial charge in [0.2, 0.25) is 5.91 Å². The van der Waals surface area contributed by atoms with E-state index in [9.17, 15) is 9.90 Å². The van der Waals surface area contributed by atoms with E-state index in [1.54, 1.807) is 12.1 Å². The van der Waals surface area contributed by atoms with Crippen LogP contribution in [0.4, 0.5) is 5.69 Å². The number of anilines is 1. The minimum absolute atomic E-state index is 0.0199. The first-order chi connectivity index (χ1) is 8.70. The third kappa shape index (κ3) is 2.92. The minimum Gasteiger partial charge on any atom is -0.506 e. The maximum Gasteiger partial charge on any atom is 0.228 e. The van der Waals surface area contributed by atoms with Crippen LogP contribution < -0.4 is 15.4 Å². The molecule has 0 saturated carbocycles. The number of carbonyl (C=O) groups excluding carboxylic acids is 1. The van der Waals surface area contributed by atoms with E-state index in [0.717, 1.165) is 19.4 Å². The van der Waals surface area contributed by atoms with Gasteiger partial charge in [0.05, 0.1) is 18.7 Å². The standard InChI is InChI=1S/C13H18N2O3/c1-18-10-4-5-11(12(16)7-10)15-13(17)9-3-2-6-14-8-9/h4-5,7,9,14,16H,2-3,6,8H2,1H3,(H,15,17)/t9-/m0/s1. The molecule has 1 aliphatic heterocycles. The lowest BCUT2D eigenvalue weighted by Crippen LogP contribution is -2.37. The van der Waals surface area contributed by atoms with E-state index in [-0.39, 0.29) is 17.6 Å². The van der Waals surface area contributed by atoms with Crippen LogP contribution in [0.5, 0.6) is 11.5 Å². The Morgan fingerprint density at radius 2 is 2.39 bits per heavy atom. The van der Waals surface area contributed by atoms with Crippen LogP contribution in [0.15, 0.2) is 18.2 Å². The van der Waals surface area contributed by atoms with Gasteiger partial charge in [-0.1, -0.05) is 0 Å². The van der Waals surface area contributed by atoms with Gasteiger partial charge in [0.25, 0.3) is 0 Å². The summed E-state index contributed by atoms with van der Waals surface area (Å²) >= 11 is 0. The predicted octanol–water partition coefficient (Wildman–Crippen LogP) is 1.34. The maximum absolute atomic E-state index is 12.0. The van der Waals surface area contributed by atoms with Gasteiger partial charge in [0.15, 0.2) is 0 Å². The van der Waals surface area contributed by atoms with Crippen molar-refractivity contribution in [2.75, 3.05) is 25.5 Å². The van der Waals surface area contributed by atoms with E-state index in [0.29, 0.717) is 18.0 Å². The lowest BCUT2D eigenvalue weighted by molar-refractivity contribution is -0.120. The zero-order chi connectivity index (χ0) is 13.0. The first kappa shape index (κ1) is 12.7. The number of ether oxygens (including phenoxy) is 1. The smallest absolute Gasteiger partial charge is 0.228 e. The molecule has 2 rings (SSSR count). The molecular formula is C13H18N2O3. The summed E-state index contributed by atoms with van der Waals surface area (Å²) in [5, 5.41) is 15.7. The highest BCUT2D eigenvalue weighted by Crippen LogP contribution is 2.28. The fourth-order valence-corrected chi connectivity index (χ4v) is 2.05. The zero-order valence-corrected chi connectivity index (χ0v) is 10.4. The molecule has 1 aromatic rings. The summed E-state index contributed by atoms with van der Waals surface area (Å²) in [5.41, 5.74) is 0.423. The second kappa shape index (κ2) is 5.73. The molecule has 0 radical (unpaired) electrons. The van der Waals surface area contributed by atoms with Crippen molar-refractivity contribution < 1.29 is 14.6 Å². The van der Waals surface area contributed by atoms with Gasteiger partial charge >= 0.3 is 0 Å².